The lowest BCUT2D eigenvalue weighted by Crippen LogP contribution is -1.94. The van der Waals surface area contributed by atoms with Crippen molar-refractivity contribution in [3.8, 4) is 0 Å². The Morgan fingerprint density at radius 3 is 2.25 bits per heavy atom. The van der Waals surface area contributed by atoms with Gasteiger partial charge in [0, 0.05) is 8.95 Å². The Labute approximate surface area is 117 Å². The third kappa shape index (κ3) is 2.68. The average Bonchev–Trinajstić information content (AvgIpc) is 2.29. The molecule has 0 aromatic heterocycles. The molecule has 0 heterocycles. The highest BCUT2D eigenvalue weighted by Crippen LogP contribution is 2.34. The van der Waals surface area contributed by atoms with Crippen LogP contribution in [0.25, 0.3) is 0 Å². The Morgan fingerprint density at radius 2 is 1.62 bits per heavy atom. The normalized spacial score (nSPS) is 12.4. The monoisotopic (exact) mass is 358 g/mol. The van der Waals surface area contributed by atoms with Crippen molar-refractivity contribution in [2.45, 2.75) is 5.38 Å². The predicted octanol–water partition coefficient (Wildman–Crippen LogP) is 5.54. The van der Waals surface area contributed by atoms with Gasteiger partial charge in [-0.15, -0.1) is 11.6 Å². The summed E-state index contributed by atoms with van der Waals surface area (Å²) in [5.41, 5.74) is 2.18. The molecule has 0 spiro atoms. The van der Waals surface area contributed by atoms with E-state index in [1.807, 2.05) is 48.5 Å². The molecule has 0 N–H and O–H groups in total. The van der Waals surface area contributed by atoms with E-state index in [0.29, 0.717) is 0 Å². The van der Waals surface area contributed by atoms with Gasteiger partial charge in [0.25, 0.3) is 0 Å². The number of benzene rings is 2. The van der Waals surface area contributed by atoms with Gasteiger partial charge in [0.15, 0.2) is 0 Å². The molecule has 0 fully saturated rings. The van der Waals surface area contributed by atoms with Gasteiger partial charge < -0.3 is 0 Å². The van der Waals surface area contributed by atoms with Crippen LogP contribution >= 0.6 is 43.5 Å². The molecular formula is C13H9Br2Cl. The van der Waals surface area contributed by atoms with E-state index in [0.717, 1.165) is 20.1 Å². The maximum Gasteiger partial charge on any atom is 0.0846 e. The Hall–Kier alpha value is -0.310. The zero-order chi connectivity index (χ0) is 11.5. The first-order chi connectivity index (χ1) is 7.68. The fraction of sp³-hybridized carbons (Fsp3) is 0.0769. The van der Waals surface area contributed by atoms with Crippen LogP contribution in [0.15, 0.2) is 57.5 Å². The van der Waals surface area contributed by atoms with Gasteiger partial charge in [-0.25, -0.2) is 0 Å². The number of hydrogen-bond acceptors (Lipinski definition) is 0. The van der Waals surface area contributed by atoms with Crippen molar-refractivity contribution < 1.29 is 0 Å². The molecule has 82 valence electrons. The molecule has 2 rings (SSSR count). The van der Waals surface area contributed by atoms with Crippen LogP contribution in [0.2, 0.25) is 0 Å². The molecule has 0 radical (unpaired) electrons. The largest absolute Gasteiger partial charge is 0.113 e. The van der Waals surface area contributed by atoms with Gasteiger partial charge in [-0.1, -0.05) is 68.3 Å². The maximum absolute atomic E-state index is 6.44. The molecule has 0 bridgehead atoms. The summed E-state index contributed by atoms with van der Waals surface area (Å²) in [6.07, 6.45) is 0. The third-order valence-electron chi connectivity index (χ3n) is 2.33. The van der Waals surface area contributed by atoms with Gasteiger partial charge in [0.1, 0.15) is 0 Å². The van der Waals surface area contributed by atoms with E-state index in [1.165, 1.54) is 0 Å². The lowest BCUT2D eigenvalue weighted by Gasteiger charge is -2.12. The smallest absolute Gasteiger partial charge is 0.0846 e. The standard InChI is InChI=1S/C13H9Br2Cl/c14-10-6-7-11(12(15)8-10)13(16)9-4-2-1-3-5-9/h1-8,13H. The van der Waals surface area contributed by atoms with Gasteiger partial charge in [-0.05, 0) is 23.3 Å². The third-order valence-corrected chi connectivity index (χ3v) is 3.99. The molecule has 0 amide bonds. The highest BCUT2D eigenvalue weighted by atomic mass is 79.9. The lowest BCUT2D eigenvalue weighted by molar-refractivity contribution is 1.13. The van der Waals surface area contributed by atoms with E-state index in [1.54, 1.807) is 0 Å². The molecule has 0 saturated heterocycles. The Balaban J connectivity index is 2.38. The van der Waals surface area contributed by atoms with E-state index in [4.69, 9.17) is 11.6 Å². The number of halogens is 3. The Kier molecular flexibility index (Phi) is 4.06. The molecule has 0 aliphatic carbocycles. The second-order valence-corrected chi connectivity index (χ2v) is 5.65. The molecule has 0 nitrogen and oxygen atoms in total. The summed E-state index contributed by atoms with van der Waals surface area (Å²) in [6, 6.07) is 16.1. The highest BCUT2D eigenvalue weighted by Gasteiger charge is 2.13. The summed E-state index contributed by atoms with van der Waals surface area (Å²) in [7, 11) is 0. The molecule has 1 unspecified atom stereocenters. The van der Waals surface area contributed by atoms with E-state index < -0.39 is 0 Å². The van der Waals surface area contributed by atoms with E-state index in [9.17, 15) is 0 Å². The Bertz CT molecular complexity index is 483. The van der Waals surface area contributed by atoms with Crippen LogP contribution in [0.5, 0.6) is 0 Å². The maximum atomic E-state index is 6.44. The summed E-state index contributed by atoms with van der Waals surface area (Å²) < 4.78 is 2.06. The fourth-order valence-electron chi connectivity index (χ4n) is 1.51. The summed E-state index contributed by atoms with van der Waals surface area (Å²) in [4.78, 5) is 0. The molecule has 2 aromatic carbocycles. The topological polar surface area (TPSA) is 0 Å². The van der Waals surface area contributed by atoms with Crippen LogP contribution in [-0.2, 0) is 0 Å². The molecule has 1 atom stereocenters. The van der Waals surface area contributed by atoms with Crippen molar-refractivity contribution in [3.63, 3.8) is 0 Å². The van der Waals surface area contributed by atoms with Crippen LogP contribution in [0.1, 0.15) is 16.5 Å². The van der Waals surface area contributed by atoms with Crippen LogP contribution in [-0.4, -0.2) is 0 Å². The highest BCUT2D eigenvalue weighted by molar-refractivity contribution is 9.11. The second-order valence-electron chi connectivity index (χ2n) is 3.44. The van der Waals surface area contributed by atoms with Crippen LogP contribution in [0.4, 0.5) is 0 Å². The first-order valence-electron chi connectivity index (χ1n) is 4.82. The summed E-state index contributed by atoms with van der Waals surface area (Å²) in [5.74, 6) is 0. The zero-order valence-corrected chi connectivity index (χ0v) is 12.3. The van der Waals surface area contributed by atoms with Crippen molar-refractivity contribution in [2.75, 3.05) is 0 Å². The van der Waals surface area contributed by atoms with Crippen molar-refractivity contribution in [2.24, 2.45) is 0 Å². The minimum atomic E-state index is -0.122. The molecule has 3 heteroatoms. The average molecular weight is 360 g/mol. The van der Waals surface area contributed by atoms with Crippen molar-refractivity contribution >= 4 is 43.5 Å². The number of hydrogen-bond donors (Lipinski definition) is 0. The van der Waals surface area contributed by atoms with Crippen molar-refractivity contribution in [3.05, 3.63) is 68.6 Å². The van der Waals surface area contributed by atoms with Gasteiger partial charge in [-0.3, -0.25) is 0 Å². The van der Waals surface area contributed by atoms with E-state index in [-0.39, 0.29) is 5.38 Å². The lowest BCUT2D eigenvalue weighted by atomic mass is 10.0. The predicted molar refractivity (Wildman–Crippen MR) is 76.0 cm³/mol. The molecular weight excluding hydrogens is 351 g/mol. The van der Waals surface area contributed by atoms with Crippen LogP contribution in [0.3, 0.4) is 0 Å². The van der Waals surface area contributed by atoms with Crippen molar-refractivity contribution in [1.29, 1.82) is 0 Å². The van der Waals surface area contributed by atoms with E-state index in [2.05, 4.69) is 31.9 Å². The first-order valence-corrected chi connectivity index (χ1v) is 6.84. The molecule has 0 saturated carbocycles. The quantitative estimate of drug-likeness (QED) is 0.617. The fourth-order valence-corrected chi connectivity index (χ4v) is 3.25. The summed E-state index contributed by atoms with van der Waals surface area (Å²) >= 11 is 13.4. The Morgan fingerprint density at radius 1 is 0.938 bits per heavy atom. The first kappa shape index (κ1) is 12.2. The molecule has 16 heavy (non-hydrogen) atoms. The summed E-state index contributed by atoms with van der Waals surface area (Å²) in [6.45, 7) is 0. The second kappa shape index (κ2) is 5.35. The SMILES string of the molecule is ClC(c1ccccc1)c1ccc(Br)cc1Br. The molecule has 2 aromatic rings. The van der Waals surface area contributed by atoms with Gasteiger partial charge in [0.2, 0.25) is 0 Å². The zero-order valence-electron chi connectivity index (χ0n) is 8.33. The van der Waals surface area contributed by atoms with Crippen LogP contribution < -0.4 is 0 Å². The van der Waals surface area contributed by atoms with Crippen molar-refractivity contribution in [1.82, 2.24) is 0 Å². The number of rotatable bonds is 2. The molecule has 0 aliphatic heterocycles. The van der Waals surface area contributed by atoms with Gasteiger partial charge >= 0.3 is 0 Å². The minimum Gasteiger partial charge on any atom is -0.113 e. The van der Waals surface area contributed by atoms with Crippen LogP contribution in [0, 0.1) is 0 Å². The van der Waals surface area contributed by atoms with Gasteiger partial charge in [0.05, 0.1) is 5.38 Å². The number of alkyl halides is 1. The molecule has 0 aliphatic rings. The minimum absolute atomic E-state index is 0.122. The van der Waals surface area contributed by atoms with E-state index >= 15 is 0 Å². The van der Waals surface area contributed by atoms with Gasteiger partial charge in [-0.2, -0.15) is 0 Å². The summed E-state index contributed by atoms with van der Waals surface area (Å²) in [5, 5.41) is -0.122.